The monoisotopic (exact) mass is 363 g/mol. The molecule has 3 N–H and O–H groups in total. The van der Waals surface area contributed by atoms with Gasteiger partial charge in [0.1, 0.15) is 0 Å². The number of nitrogens with zero attached hydrogens (tertiary/aromatic N) is 3. The van der Waals surface area contributed by atoms with E-state index >= 15 is 0 Å². The van der Waals surface area contributed by atoms with Gasteiger partial charge in [0, 0.05) is 0 Å². The Morgan fingerprint density at radius 3 is 2.81 bits per heavy atom. The fourth-order valence-corrected chi connectivity index (χ4v) is 1.79. The summed E-state index contributed by atoms with van der Waals surface area (Å²) in [5.41, 5.74) is 8.08. The summed E-state index contributed by atoms with van der Waals surface area (Å²) in [7, 11) is 1.45. The van der Waals surface area contributed by atoms with Crippen molar-refractivity contribution in [1.29, 1.82) is 0 Å². The number of esters is 1. The van der Waals surface area contributed by atoms with Crippen LogP contribution in [0.5, 0.6) is 11.5 Å². The molecular weight excluding hydrogens is 346 g/mol. The molecule has 2 rings (SSSR count). The minimum absolute atomic E-state index is 0.137. The molecule has 0 saturated heterocycles. The molecule has 26 heavy (non-hydrogen) atoms. The first kappa shape index (κ1) is 18.7. The van der Waals surface area contributed by atoms with Crippen molar-refractivity contribution in [3.63, 3.8) is 0 Å². The lowest BCUT2D eigenvalue weighted by atomic mass is 10.2. The van der Waals surface area contributed by atoms with Gasteiger partial charge in [-0.1, -0.05) is 0 Å². The molecule has 0 aliphatic rings. The number of carbonyl (C=O) groups excluding carboxylic acids is 2. The highest BCUT2D eigenvalue weighted by molar-refractivity contribution is 5.96. The molecular formula is C15H17N5O6. The van der Waals surface area contributed by atoms with Crippen LogP contribution in [0.3, 0.4) is 0 Å². The van der Waals surface area contributed by atoms with E-state index in [-0.39, 0.29) is 24.7 Å². The second-order valence-electron chi connectivity index (χ2n) is 4.70. The number of ether oxygens (including phenoxy) is 3. The lowest BCUT2D eigenvalue weighted by molar-refractivity contribution is -0.145. The minimum Gasteiger partial charge on any atom is -0.493 e. The zero-order chi connectivity index (χ0) is 18.9. The number of hydrogen-bond donors (Lipinski definition) is 2. The van der Waals surface area contributed by atoms with E-state index in [1.54, 1.807) is 25.1 Å². The number of anilines is 1. The first-order chi connectivity index (χ1) is 12.5. The fourth-order valence-electron chi connectivity index (χ4n) is 1.79. The maximum absolute atomic E-state index is 11.7. The van der Waals surface area contributed by atoms with E-state index in [0.717, 1.165) is 0 Å². The molecule has 0 aliphatic carbocycles. The molecule has 11 heteroatoms. The highest BCUT2D eigenvalue weighted by atomic mass is 16.6. The summed E-state index contributed by atoms with van der Waals surface area (Å²) < 4.78 is 19.7. The Morgan fingerprint density at radius 1 is 1.35 bits per heavy atom. The molecule has 0 unspecified atom stereocenters. The van der Waals surface area contributed by atoms with Gasteiger partial charge >= 0.3 is 5.97 Å². The first-order valence-corrected chi connectivity index (χ1v) is 7.43. The molecule has 11 nitrogen and oxygen atoms in total. The van der Waals surface area contributed by atoms with E-state index in [0.29, 0.717) is 17.1 Å². The maximum Gasteiger partial charge on any atom is 0.344 e. The fraction of sp³-hybridized carbons (Fsp3) is 0.267. The molecule has 1 heterocycles. The number of methoxy groups -OCH3 is 1. The predicted molar refractivity (Wildman–Crippen MR) is 88.9 cm³/mol. The quantitative estimate of drug-likeness (QED) is 0.385. The van der Waals surface area contributed by atoms with Gasteiger partial charge in [-0.2, -0.15) is 5.10 Å². The predicted octanol–water partition coefficient (Wildman–Crippen LogP) is 0.366. The molecule has 0 spiro atoms. The van der Waals surface area contributed by atoms with Gasteiger partial charge in [-0.15, -0.1) is 0 Å². The highest BCUT2D eigenvalue weighted by Crippen LogP contribution is 2.27. The van der Waals surface area contributed by atoms with Crippen LogP contribution in [0, 0.1) is 0 Å². The molecule has 1 amide bonds. The number of nitrogens with two attached hydrogens (primary N) is 1. The van der Waals surface area contributed by atoms with E-state index in [1.165, 1.54) is 13.3 Å². The Bertz CT molecular complexity index is 804. The third-order valence-electron chi connectivity index (χ3n) is 2.95. The zero-order valence-electron chi connectivity index (χ0n) is 14.1. The van der Waals surface area contributed by atoms with Crippen LogP contribution in [0.2, 0.25) is 0 Å². The van der Waals surface area contributed by atoms with Crippen molar-refractivity contribution >= 4 is 23.9 Å². The van der Waals surface area contributed by atoms with E-state index in [2.05, 4.69) is 25.5 Å². The van der Waals surface area contributed by atoms with Crippen molar-refractivity contribution in [2.24, 2.45) is 5.10 Å². The van der Waals surface area contributed by atoms with Crippen molar-refractivity contribution in [3.8, 4) is 11.5 Å². The Balaban J connectivity index is 1.98. The topological polar surface area (TPSA) is 151 Å². The van der Waals surface area contributed by atoms with Crippen LogP contribution < -0.4 is 20.6 Å². The average Bonchev–Trinajstić information content (AvgIpc) is 3.06. The molecule has 1 aromatic carbocycles. The number of hydrazone groups is 1. The molecule has 0 fully saturated rings. The van der Waals surface area contributed by atoms with Crippen molar-refractivity contribution in [2.75, 3.05) is 26.1 Å². The average molecular weight is 363 g/mol. The number of carbonyl (C=O) groups is 2. The van der Waals surface area contributed by atoms with E-state index in [4.69, 9.17) is 19.9 Å². The second-order valence-corrected chi connectivity index (χ2v) is 4.70. The third-order valence-corrected chi connectivity index (χ3v) is 2.95. The van der Waals surface area contributed by atoms with E-state index < -0.39 is 11.9 Å². The van der Waals surface area contributed by atoms with E-state index in [1.807, 2.05) is 0 Å². The van der Waals surface area contributed by atoms with Crippen LogP contribution >= 0.6 is 0 Å². The van der Waals surface area contributed by atoms with Gasteiger partial charge in [0.25, 0.3) is 5.91 Å². The molecule has 138 valence electrons. The summed E-state index contributed by atoms with van der Waals surface area (Å²) in [6.07, 6.45) is 1.37. The number of nitrogens with one attached hydrogen (secondary N) is 1. The summed E-state index contributed by atoms with van der Waals surface area (Å²) >= 11 is 0. The Hall–Kier alpha value is -3.63. The normalized spacial score (nSPS) is 10.5. The van der Waals surface area contributed by atoms with Crippen molar-refractivity contribution < 1.29 is 28.4 Å². The van der Waals surface area contributed by atoms with Crippen molar-refractivity contribution in [2.45, 2.75) is 6.92 Å². The van der Waals surface area contributed by atoms with Crippen LogP contribution in [-0.2, 0) is 9.53 Å². The lowest BCUT2D eigenvalue weighted by Crippen LogP contribution is -2.19. The smallest absolute Gasteiger partial charge is 0.344 e. The Morgan fingerprint density at radius 2 is 2.15 bits per heavy atom. The number of amides is 1. The Labute approximate surface area is 148 Å². The number of nitrogen functional groups attached to an aromatic ring is 1. The summed E-state index contributed by atoms with van der Waals surface area (Å²) in [6.45, 7) is 1.75. The lowest BCUT2D eigenvalue weighted by Gasteiger charge is -2.10. The Kier molecular flexibility index (Phi) is 6.48. The zero-order valence-corrected chi connectivity index (χ0v) is 14.1. The van der Waals surface area contributed by atoms with Gasteiger partial charge in [0.2, 0.25) is 11.5 Å². The molecule has 0 aliphatic heterocycles. The molecule has 0 radical (unpaired) electrons. The SMILES string of the molecule is CCOC(=O)COc1ccc(/C=N\NC(=O)c2nonc2N)cc1OC. The maximum atomic E-state index is 11.7. The van der Waals surface area contributed by atoms with Gasteiger partial charge in [-0.25, -0.2) is 14.8 Å². The van der Waals surface area contributed by atoms with Crippen LogP contribution in [0.25, 0.3) is 0 Å². The number of aromatic nitrogens is 2. The second kappa shape index (κ2) is 9.01. The van der Waals surface area contributed by atoms with Crippen molar-refractivity contribution in [1.82, 2.24) is 15.7 Å². The number of hydrogen-bond acceptors (Lipinski definition) is 10. The third kappa shape index (κ3) is 4.93. The molecule has 0 bridgehead atoms. The van der Waals surface area contributed by atoms with Crippen LogP contribution in [0.4, 0.5) is 5.82 Å². The highest BCUT2D eigenvalue weighted by Gasteiger charge is 2.15. The van der Waals surface area contributed by atoms with Gasteiger partial charge < -0.3 is 19.9 Å². The summed E-state index contributed by atoms with van der Waals surface area (Å²) in [6, 6.07) is 4.87. The number of benzene rings is 1. The van der Waals surface area contributed by atoms with E-state index in [9.17, 15) is 9.59 Å². The van der Waals surface area contributed by atoms with Crippen molar-refractivity contribution in [3.05, 3.63) is 29.5 Å². The molecule has 0 saturated carbocycles. The summed E-state index contributed by atoms with van der Waals surface area (Å²) in [5.74, 6) is -0.536. The first-order valence-electron chi connectivity index (χ1n) is 7.43. The van der Waals surface area contributed by atoms with Gasteiger partial charge in [0.15, 0.2) is 18.1 Å². The van der Waals surface area contributed by atoms with Crippen LogP contribution in [0.1, 0.15) is 23.0 Å². The molecule has 0 atom stereocenters. The summed E-state index contributed by atoms with van der Waals surface area (Å²) in [4.78, 5) is 23.1. The number of rotatable bonds is 8. The standard InChI is InChI=1S/C15H17N5O6/c1-3-24-12(21)8-25-10-5-4-9(6-11(10)23-2)7-17-18-15(22)13-14(16)20-26-19-13/h4-7H,3,8H2,1-2H3,(H2,16,20)(H,18,22)/b17-7-. The minimum atomic E-state index is -0.665. The molecule has 1 aromatic heterocycles. The molecule has 2 aromatic rings. The van der Waals surface area contributed by atoms with Crippen LogP contribution in [0.15, 0.2) is 27.9 Å². The largest absolute Gasteiger partial charge is 0.493 e. The summed E-state index contributed by atoms with van der Waals surface area (Å²) in [5, 5.41) is 10.4. The van der Waals surface area contributed by atoms with Gasteiger partial charge in [-0.3, -0.25) is 4.79 Å². The van der Waals surface area contributed by atoms with Crippen LogP contribution in [-0.4, -0.2) is 48.7 Å². The van der Waals surface area contributed by atoms with Gasteiger partial charge in [0.05, 0.1) is 19.9 Å². The van der Waals surface area contributed by atoms with Gasteiger partial charge in [-0.05, 0) is 41.0 Å².